The zero-order chi connectivity index (χ0) is 13.7. The Hall–Kier alpha value is -1.39. The summed E-state index contributed by atoms with van der Waals surface area (Å²) in [7, 11) is 0. The number of anilines is 1. The summed E-state index contributed by atoms with van der Waals surface area (Å²) in [6, 6.07) is 8.50. The molecule has 1 fully saturated rings. The van der Waals surface area contributed by atoms with Gasteiger partial charge < -0.3 is 20.2 Å². The lowest BCUT2D eigenvalue weighted by atomic mass is 9.96. The minimum atomic E-state index is -0.719. The maximum atomic E-state index is 10.8. The van der Waals surface area contributed by atoms with E-state index in [1.165, 1.54) is 11.3 Å². The SMILES string of the molecule is CC(N)(C=O)CCc1ccc(N2CCOCC2)cc1. The highest BCUT2D eigenvalue weighted by Gasteiger charge is 2.16. The van der Waals surface area contributed by atoms with E-state index in [-0.39, 0.29) is 0 Å². The number of aryl methyl sites for hydroxylation is 1. The van der Waals surface area contributed by atoms with Crippen molar-refractivity contribution in [2.75, 3.05) is 31.2 Å². The zero-order valence-corrected chi connectivity index (χ0v) is 11.5. The van der Waals surface area contributed by atoms with Crippen molar-refractivity contribution in [2.24, 2.45) is 5.73 Å². The molecular formula is C15H22N2O2. The molecule has 1 unspecified atom stereocenters. The lowest BCUT2D eigenvalue weighted by Crippen LogP contribution is -2.38. The molecule has 1 aromatic carbocycles. The van der Waals surface area contributed by atoms with E-state index in [1.807, 2.05) is 0 Å². The third-order valence-electron chi connectivity index (χ3n) is 3.53. The topological polar surface area (TPSA) is 55.6 Å². The summed E-state index contributed by atoms with van der Waals surface area (Å²) >= 11 is 0. The first kappa shape index (κ1) is 14.0. The molecule has 4 nitrogen and oxygen atoms in total. The molecule has 1 aliphatic heterocycles. The first-order valence-electron chi connectivity index (χ1n) is 6.77. The Bertz CT molecular complexity index is 409. The molecule has 1 atom stereocenters. The molecule has 0 aromatic heterocycles. The minimum Gasteiger partial charge on any atom is -0.378 e. The number of hydrogen-bond donors (Lipinski definition) is 1. The van der Waals surface area contributed by atoms with E-state index in [4.69, 9.17) is 10.5 Å². The van der Waals surface area contributed by atoms with Gasteiger partial charge >= 0.3 is 0 Å². The molecule has 0 radical (unpaired) electrons. The largest absolute Gasteiger partial charge is 0.378 e. The molecule has 2 N–H and O–H groups in total. The summed E-state index contributed by atoms with van der Waals surface area (Å²) in [6.07, 6.45) is 2.33. The van der Waals surface area contributed by atoms with Gasteiger partial charge in [0.15, 0.2) is 0 Å². The van der Waals surface area contributed by atoms with Crippen LogP contribution in [0.1, 0.15) is 18.9 Å². The highest BCUT2D eigenvalue weighted by molar-refractivity contribution is 5.62. The van der Waals surface area contributed by atoms with Crippen molar-refractivity contribution in [1.29, 1.82) is 0 Å². The first-order chi connectivity index (χ1) is 9.11. The molecule has 1 heterocycles. The highest BCUT2D eigenvalue weighted by atomic mass is 16.5. The molecule has 104 valence electrons. The number of nitrogens with two attached hydrogens (primary N) is 1. The Morgan fingerprint density at radius 1 is 1.32 bits per heavy atom. The Balaban J connectivity index is 1.92. The molecule has 4 heteroatoms. The Kier molecular flexibility index (Phi) is 4.56. The smallest absolute Gasteiger partial charge is 0.139 e. The van der Waals surface area contributed by atoms with Crippen molar-refractivity contribution in [1.82, 2.24) is 0 Å². The second-order valence-electron chi connectivity index (χ2n) is 5.39. The molecule has 2 rings (SSSR count). The van der Waals surface area contributed by atoms with Crippen LogP contribution in [-0.4, -0.2) is 38.1 Å². The van der Waals surface area contributed by atoms with E-state index in [9.17, 15) is 4.79 Å². The number of nitrogens with zero attached hydrogens (tertiary/aromatic N) is 1. The monoisotopic (exact) mass is 262 g/mol. The number of aldehydes is 1. The Labute approximate surface area is 114 Å². The van der Waals surface area contributed by atoms with Crippen LogP contribution in [0.25, 0.3) is 0 Å². The van der Waals surface area contributed by atoms with E-state index in [2.05, 4.69) is 29.2 Å². The minimum absolute atomic E-state index is 0.674. The van der Waals surface area contributed by atoms with Gasteiger partial charge in [-0.25, -0.2) is 0 Å². The van der Waals surface area contributed by atoms with Gasteiger partial charge in [-0.15, -0.1) is 0 Å². The van der Waals surface area contributed by atoms with Crippen molar-refractivity contribution in [3.8, 4) is 0 Å². The normalized spacial score (nSPS) is 18.9. The molecule has 1 saturated heterocycles. The molecule has 1 aromatic rings. The number of carbonyl (C=O) groups is 1. The number of carbonyl (C=O) groups excluding carboxylic acids is 1. The maximum Gasteiger partial charge on any atom is 0.139 e. The van der Waals surface area contributed by atoms with Crippen LogP contribution < -0.4 is 10.6 Å². The lowest BCUT2D eigenvalue weighted by Gasteiger charge is -2.29. The number of benzene rings is 1. The zero-order valence-electron chi connectivity index (χ0n) is 11.5. The van der Waals surface area contributed by atoms with Gasteiger partial charge in [-0.3, -0.25) is 0 Å². The summed E-state index contributed by atoms with van der Waals surface area (Å²) in [6.45, 7) is 5.26. The molecule has 0 saturated carbocycles. The summed E-state index contributed by atoms with van der Waals surface area (Å²) in [4.78, 5) is 13.1. The van der Waals surface area contributed by atoms with Crippen LogP contribution in [-0.2, 0) is 16.0 Å². The van der Waals surface area contributed by atoms with Gasteiger partial charge in [0, 0.05) is 18.8 Å². The van der Waals surface area contributed by atoms with Crippen molar-refractivity contribution < 1.29 is 9.53 Å². The fourth-order valence-electron chi connectivity index (χ4n) is 2.17. The second-order valence-corrected chi connectivity index (χ2v) is 5.39. The average Bonchev–Trinajstić information content (AvgIpc) is 2.47. The molecule has 19 heavy (non-hydrogen) atoms. The maximum absolute atomic E-state index is 10.8. The van der Waals surface area contributed by atoms with Crippen LogP contribution >= 0.6 is 0 Å². The van der Waals surface area contributed by atoms with E-state index in [1.54, 1.807) is 6.92 Å². The van der Waals surface area contributed by atoms with Crippen LogP contribution in [0.15, 0.2) is 24.3 Å². The lowest BCUT2D eigenvalue weighted by molar-refractivity contribution is -0.111. The summed E-state index contributed by atoms with van der Waals surface area (Å²) in [5.74, 6) is 0. The van der Waals surface area contributed by atoms with E-state index < -0.39 is 5.54 Å². The van der Waals surface area contributed by atoms with E-state index >= 15 is 0 Å². The van der Waals surface area contributed by atoms with Crippen molar-refractivity contribution in [3.63, 3.8) is 0 Å². The standard InChI is InChI=1S/C15H22N2O2/c1-15(16,12-18)7-6-13-2-4-14(5-3-13)17-8-10-19-11-9-17/h2-5,12H,6-11,16H2,1H3. The van der Waals surface area contributed by atoms with Gasteiger partial charge in [-0.2, -0.15) is 0 Å². The van der Waals surface area contributed by atoms with Crippen LogP contribution in [0.3, 0.4) is 0 Å². The third kappa shape index (κ3) is 4.04. The van der Waals surface area contributed by atoms with Gasteiger partial charge in [0.1, 0.15) is 6.29 Å². The quantitative estimate of drug-likeness (QED) is 0.814. The molecule has 0 amide bonds. The van der Waals surface area contributed by atoms with E-state index in [0.717, 1.165) is 39.0 Å². The van der Waals surface area contributed by atoms with Gasteiger partial charge in [-0.1, -0.05) is 12.1 Å². The molecule has 0 spiro atoms. The second kappa shape index (κ2) is 6.17. The Morgan fingerprint density at radius 3 is 2.53 bits per heavy atom. The van der Waals surface area contributed by atoms with Crippen molar-refractivity contribution in [3.05, 3.63) is 29.8 Å². The van der Waals surface area contributed by atoms with Crippen molar-refractivity contribution in [2.45, 2.75) is 25.3 Å². The van der Waals surface area contributed by atoms with Gasteiger partial charge in [0.25, 0.3) is 0 Å². The first-order valence-corrected chi connectivity index (χ1v) is 6.77. The Morgan fingerprint density at radius 2 is 1.95 bits per heavy atom. The number of rotatable bonds is 5. The van der Waals surface area contributed by atoms with Crippen molar-refractivity contribution >= 4 is 12.0 Å². The molecule has 0 aliphatic carbocycles. The third-order valence-corrected chi connectivity index (χ3v) is 3.53. The van der Waals surface area contributed by atoms with Crippen LogP contribution in [0.5, 0.6) is 0 Å². The van der Waals surface area contributed by atoms with Gasteiger partial charge in [0.05, 0.1) is 18.8 Å². The number of ether oxygens (including phenoxy) is 1. The highest BCUT2D eigenvalue weighted by Crippen LogP contribution is 2.18. The van der Waals surface area contributed by atoms with Crippen LogP contribution in [0.2, 0.25) is 0 Å². The van der Waals surface area contributed by atoms with E-state index in [0.29, 0.717) is 6.42 Å². The molecular weight excluding hydrogens is 240 g/mol. The molecule has 1 aliphatic rings. The fraction of sp³-hybridized carbons (Fsp3) is 0.533. The van der Waals surface area contributed by atoms with Gasteiger partial charge in [-0.05, 0) is 37.5 Å². The summed E-state index contributed by atoms with van der Waals surface area (Å²) < 4.78 is 5.34. The van der Waals surface area contributed by atoms with Crippen LogP contribution in [0, 0.1) is 0 Å². The number of hydrogen-bond acceptors (Lipinski definition) is 4. The average molecular weight is 262 g/mol. The molecule has 0 bridgehead atoms. The predicted molar refractivity (Wildman–Crippen MR) is 76.5 cm³/mol. The van der Waals surface area contributed by atoms with Crippen LogP contribution in [0.4, 0.5) is 5.69 Å². The summed E-state index contributed by atoms with van der Waals surface area (Å²) in [5, 5.41) is 0. The fourth-order valence-corrected chi connectivity index (χ4v) is 2.17. The number of morpholine rings is 1. The van der Waals surface area contributed by atoms with Gasteiger partial charge in [0.2, 0.25) is 0 Å². The predicted octanol–water partition coefficient (Wildman–Crippen LogP) is 1.37. The summed E-state index contributed by atoms with van der Waals surface area (Å²) in [5.41, 5.74) is 7.55.